The summed E-state index contributed by atoms with van der Waals surface area (Å²) in [5.74, 6) is -0.0437. The molecule has 0 radical (unpaired) electrons. The molecular formula is C18H13NO. The fourth-order valence-corrected chi connectivity index (χ4v) is 3.03. The summed E-state index contributed by atoms with van der Waals surface area (Å²) in [6.45, 7) is 1.53. The summed E-state index contributed by atoms with van der Waals surface area (Å²) >= 11 is 0. The first-order valence-corrected chi connectivity index (χ1v) is 6.67. The van der Waals surface area contributed by atoms with Gasteiger partial charge in [-0.2, -0.15) is 0 Å². The molecular weight excluding hydrogens is 246 g/mol. The lowest BCUT2D eigenvalue weighted by molar-refractivity contribution is -0.114. The van der Waals surface area contributed by atoms with E-state index >= 15 is 0 Å². The average Bonchev–Trinajstić information content (AvgIpc) is 2.44. The van der Waals surface area contributed by atoms with E-state index in [4.69, 9.17) is 0 Å². The molecule has 0 aliphatic rings. The van der Waals surface area contributed by atoms with Crippen LogP contribution >= 0.6 is 0 Å². The Kier molecular flexibility index (Phi) is 2.21. The van der Waals surface area contributed by atoms with Gasteiger partial charge in [-0.05, 0) is 44.5 Å². The van der Waals surface area contributed by atoms with E-state index in [0.29, 0.717) is 0 Å². The molecule has 0 heterocycles. The van der Waals surface area contributed by atoms with Crippen LogP contribution in [0.5, 0.6) is 0 Å². The summed E-state index contributed by atoms with van der Waals surface area (Å²) in [7, 11) is 0. The van der Waals surface area contributed by atoms with E-state index in [-0.39, 0.29) is 5.91 Å². The number of anilines is 1. The quantitative estimate of drug-likeness (QED) is 0.499. The molecule has 2 nitrogen and oxygen atoms in total. The molecule has 1 amide bonds. The van der Waals surface area contributed by atoms with Crippen LogP contribution in [-0.4, -0.2) is 5.91 Å². The maximum absolute atomic E-state index is 11.2. The van der Waals surface area contributed by atoms with Crippen LogP contribution in [0.25, 0.3) is 32.3 Å². The van der Waals surface area contributed by atoms with Gasteiger partial charge in [-0.15, -0.1) is 0 Å². The van der Waals surface area contributed by atoms with Crippen LogP contribution in [0.1, 0.15) is 6.92 Å². The van der Waals surface area contributed by atoms with Crippen LogP contribution in [0, 0.1) is 0 Å². The first-order valence-electron chi connectivity index (χ1n) is 6.67. The van der Waals surface area contributed by atoms with E-state index in [1.807, 2.05) is 12.1 Å². The van der Waals surface area contributed by atoms with Crippen molar-refractivity contribution in [2.45, 2.75) is 6.92 Å². The van der Waals surface area contributed by atoms with Gasteiger partial charge >= 0.3 is 0 Å². The van der Waals surface area contributed by atoms with Crippen LogP contribution in [0.4, 0.5) is 5.69 Å². The second-order valence-electron chi connectivity index (χ2n) is 5.19. The number of rotatable bonds is 1. The predicted octanol–water partition coefficient (Wildman–Crippen LogP) is 4.54. The van der Waals surface area contributed by atoms with E-state index in [9.17, 15) is 4.79 Å². The lowest BCUT2D eigenvalue weighted by atomic mass is 9.94. The van der Waals surface area contributed by atoms with Crippen molar-refractivity contribution < 1.29 is 4.79 Å². The number of nitrogens with one attached hydrogen (secondary N) is 1. The van der Waals surface area contributed by atoms with E-state index in [0.717, 1.165) is 16.5 Å². The monoisotopic (exact) mass is 259 g/mol. The second-order valence-corrected chi connectivity index (χ2v) is 5.19. The summed E-state index contributed by atoms with van der Waals surface area (Å²) in [4.78, 5) is 11.2. The number of hydrogen-bond acceptors (Lipinski definition) is 1. The molecule has 0 fully saturated rings. The number of benzene rings is 4. The van der Waals surface area contributed by atoms with Crippen LogP contribution < -0.4 is 5.32 Å². The molecule has 0 saturated heterocycles. The van der Waals surface area contributed by atoms with Crippen LogP contribution in [0.15, 0.2) is 54.6 Å². The highest BCUT2D eigenvalue weighted by Crippen LogP contribution is 2.35. The first kappa shape index (κ1) is 11.2. The number of amides is 1. The predicted molar refractivity (Wildman–Crippen MR) is 84.4 cm³/mol. The Morgan fingerprint density at radius 2 is 1.30 bits per heavy atom. The van der Waals surface area contributed by atoms with Gasteiger partial charge < -0.3 is 5.32 Å². The lowest BCUT2D eigenvalue weighted by Gasteiger charge is -2.12. The molecule has 0 atom stereocenters. The van der Waals surface area contributed by atoms with Gasteiger partial charge in [0.2, 0.25) is 5.91 Å². The fraction of sp³-hybridized carbons (Fsp3) is 0.0556. The Balaban J connectivity index is 2.16. The zero-order valence-corrected chi connectivity index (χ0v) is 11.1. The molecule has 4 aromatic rings. The minimum absolute atomic E-state index is 0.0437. The third-order valence-electron chi connectivity index (χ3n) is 3.78. The van der Waals surface area contributed by atoms with Gasteiger partial charge in [-0.1, -0.05) is 42.5 Å². The van der Waals surface area contributed by atoms with E-state index < -0.39 is 0 Å². The molecule has 0 aliphatic carbocycles. The van der Waals surface area contributed by atoms with Gasteiger partial charge in [0.25, 0.3) is 0 Å². The Morgan fingerprint density at radius 1 is 0.800 bits per heavy atom. The summed E-state index contributed by atoms with van der Waals surface area (Å²) in [5.41, 5.74) is 0.850. The lowest BCUT2D eigenvalue weighted by Crippen LogP contribution is -2.05. The van der Waals surface area contributed by atoms with Crippen molar-refractivity contribution in [3.05, 3.63) is 54.6 Å². The first-order chi connectivity index (χ1) is 9.72. The van der Waals surface area contributed by atoms with Crippen molar-refractivity contribution in [2.24, 2.45) is 0 Å². The van der Waals surface area contributed by atoms with Gasteiger partial charge in [0.05, 0.1) is 0 Å². The van der Waals surface area contributed by atoms with Gasteiger partial charge in [0, 0.05) is 12.6 Å². The molecule has 0 bridgehead atoms. The molecule has 4 rings (SSSR count). The van der Waals surface area contributed by atoms with Gasteiger partial charge in [-0.25, -0.2) is 0 Å². The highest BCUT2D eigenvalue weighted by molar-refractivity contribution is 6.23. The van der Waals surface area contributed by atoms with Crippen molar-refractivity contribution in [3.63, 3.8) is 0 Å². The molecule has 96 valence electrons. The third-order valence-corrected chi connectivity index (χ3v) is 3.78. The maximum atomic E-state index is 11.2. The summed E-state index contributed by atoms with van der Waals surface area (Å²) in [6, 6.07) is 19.0. The summed E-state index contributed by atoms with van der Waals surface area (Å²) in [5, 5.41) is 10.3. The van der Waals surface area contributed by atoms with Gasteiger partial charge in [0.1, 0.15) is 0 Å². The molecule has 1 N–H and O–H groups in total. The second kappa shape index (κ2) is 3.94. The minimum atomic E-state index is -0.0437. The van der Waals surface area contributed by atoms with E-state index in [1.54, 1.807) is 0 Å². The molecule has 0 aliphatic heterocycles. The minimum Gasteiger partial charge on any atom is -0.326 e. The highest BCUT2D eigenvalue weighted by atomic mass is 16.1. The van der Waals surface area contributed by atoms with Crippen LogP contribution in [-0.2, 0) is 4.79 Å². The molecule has 0 unspecified atom stereocenters. The van der Waals surface area contributed by atoms with Crippen LogP contribution in [0.3, 0.4) is 0 Å². The molecule has 4 aromatic carbocycles. The van der Waals surface area contributed by atoms with Crippen molar-refractivity contribution in [2.75, 3.05) is 5.32 Å². The Labute approximate surface area is 116 Å². The Hall–Kier alpha value is -2.61. The molecule has 0 spiro atoms. The normalized spacial score (nSPS) is 11.4. The largest absolute Gasteiger partial charge is 0.326 e. The van der Waals surface area contributed by atoms with E-state index in [1.165, 1.54) is 28.5 Å². The molecule has 2 heteroatoms. The zero-order chi connectivity index (χ0) is 13.7. The molecule has 20 heavy (non-hydrogen) atoms. The molecule has 0 saturated carbocycles. The van der Waals surface area contributed by atoms with Crippen LogP contribution in [0.2, 0.25) is 0 Å². The average molecular weight is 259 g/mol. The zero-order valence-electron chi connectivity index (χ0n) is 11.1. The number of carbonyl (C=O) groups is 1. The van der Waals surface area contributed by atoms with Gasteiger partial charge in [0.15, 0.2) is 0 Å². The Morgan fingerprint density at radius 3 is 1.85 bits per heavy atom. The van der Waals surface area contributed by atoms with Crippen molar-refractivity contribution in [1.29, 1.82) is 0 Å². The number of hydrogen-bond donors (Lipinski definition) is 1. The Bertz CT molecular complexity index is 892. The SMILES string of the molecule is CC(=O)Nc1cc2ccc3cccc4ccc(c1)c2c34. The molecule has 0 aromatic heterocycles. The van der Waals surface area contributed by atoms with Crippen molar-refractivity contribution in [3.8, 4) is 0 Å². The van der Waals surface area contributed by atoms with Gasteiger partial charge in [-0.3, -0.25) is 4.79 Å². The van der Waals surface area contributed by atoms with Crippen molar-refractivity contribution in [1.82, 2.24) is 0 Å². The van der Waals surface area contributed by atoms with E-state index in [2.05, 4.69) is 47.8 Å². The summed E-state index contributed by atoms with van der Waals surface area (Å²) < 4.78 is 0. The van der Waals surface area contributed by atoms with Crippen molar-refractivity contribution >= 4 is 43.9 Å². The topological polar surface area (TPSA) is 29.1 Å². The maximum Gasteiger partial charge on any atom is 0.221 e. The highest BCUT2D eigenvalue weighted by Gasteiger charge is 2.09. The standard InChI is InChI=1S/C18H13NO/c1-11(20)19-16-9-14-7-5-12-3-2-4-13-6-8-15(10-16)18(14)17(12)13/h2-10H,1H3,(H,19,20). The number of carbonyl (C=O) groups excluding carboxylic acids is 1. The third kappa shape index (κ3) is 1.55. The smallest absolute Gasteiger partial charge is 0.221 e. The fourth-order valence-electron chi connectivity index (χ4n) is 3.03. The summed E-state index contributed by atoms with van der Waals surface area (Å²) in [6.07, 6.45) is 0.